The molecular weight excluding hydrogens is 415 g/mol. The van der Waals surface area contributed by atoms with Crippen molar-refractivity contribution in [3.05, 3.63) is 65.0 Å². The molecule has 0 aliphatic carbocycles. The summed E-state index contributed by atoms with van der Waals surface area (Å²) in [4.78, 5) is 0.500. The summed E-state index contributed by atoms with van der Waals surface area (Å²) in [5.41, 5.74) is 6.89. The minimum Gasteiger partial charge on any atom is -0.495 e. The molecule has 1 aliphatic rings. The Kier molecular flexibility index (Phi) is 4.94. The first-order chi connectivity index (χ1) is 14.1. The highest BCUT2D eigenvalue weighted by molar-refractivity contribution is 7.99. The Balaban J connectivity index is 1.84. The maximum atomic E-state index is 14.3. The van der Waals surface area contributed by atoms with Gasteiger partial charge in [0.15, 0.2) is 11.6 Å². The summed E-state index contributed by atoms with van der Waals surface area (Å²) < 4.78 is 65.1. The molecule has 2 N–H and O–H groups in total. The summed E-state index contributed by atoms with van der Waals surface area (Å²) in [6.07, 6.45) is 0.875. The van der Waals surface area contributed by atoms with Crippen LogP contribution in [0.25, 0.3) is 10.8 Å². The van der Waals surface area contributed by atoms with E-state index in [1.54, 1.807) is 24.3 Å². The normalized spacial score (nSPS) is 20.3. The third-order valence-corrected chi connectivity index (χ3v) is 6.52. The van der Waals surface area contributed by atoms with Crippen LogP contribution in [0.2, 0.25) is 0 Å². The van der Waals surface area contributed by atoms with Gasteiger partial charge in [0, 0.05) is 23.4 Å². The Morgan fingerprint density at radius 2 is 1.83 bits per heavy atom. The molecule has 4 rings (SSSR count). The van der Waals surface area contributed by atoms with Crippen molar-refractivity contribution < 1.29 is 26.9 Å². The first kappa shape index (κ1) is 20.6. The Morgan fingerprint density at radius 1 is 1.13 bits per heavy atom. The van der Waals surface area contributed by atoms with Gasteiger partial charge in [-0.1, -0.05) is 6.07 Å². The molecule has 1 heterocycles. The van der Waals surface area contributed by atoms with E-state index in [-0.39, 0.29) is 5.56 Å². The van der Waals surface area contributed by atoms with E-state index in [0.717, 1.165) is 22.4 Å². The molecule has 0 fully saturated rings. The van der Waals surface area contributed by atoms with Gasteiger partial charge in [0.25, 0.3) is 0 Å². The van der Waals surface area contributed by atoms with Crippen LogP contribution in [0.4, 0.5) is 13.2 Å². The van der Waals surface area contributed by atoms with Crippen molar-refractivity contribution in [3.8, 4) is 11.5 Å². The average Bonchev–Trinajstić information content (AvgIpc) is 2.68. The van der Waals surface area contributed by atoms with E-state index in [2.05, 4.69) is 5.87 Å². The van der Waals surface area contributed by atoms with Gasteiger partial charge in [0.1, 0.15) is 23.4 Å². The predicted octanol–water partition coefficient (Wildman–Crippen LogP) is 3.97. The first-order valence-electron chi connectivity index (χ1n) is 9.12. The zero-order valence-corrected chi connectivity index (χ0v) is 17.2. The molecule has 3 aromatic rings. The van der Waals surface area contributed by atoms with Crippen molar-refractivity contribution in [1.82, 2.24) is 0 Å². The summed E-state index contributed by atoms with van der Waals surface area (Å²) in [5, 5.41) is 1.59. The number of rotatable bonds is 3. The topological polar surface area (TPSA) is 61.5 Å². The Bertz CT molecular complexity index is 1270. The summed E-state index contributed by atoms with van der Waals surface area (Å²) >= 11 is 0. The van der Waals surface area contributed by atoms with E-state index in [1.807, 2.05) is 0 Å². The minimum absolute atomic E-state index is 0.136. The van der Waals surface area contributed by atoms with E-state index in [4.69, 9.17) is 15.2 Å². The molecule has 30 heavy (non-hydrogen) atoms. The second-order valence-electron chi connectivity index (χ2n) is 7.47. The summed E-state index contributed by atoms with van der Waals surface area (Å²) in [6.45, 7) is 0. The maximum Gasteiger partial charge on any atom is 0.161 e. The Morgan fingerprint density at radius 3 is 2.50 bits per heavy atom. The van der Waals surface area contributed by atoms with Gasteiger partial charge in [-0.2, -0.15) is 0 Å². The predicted molar refractivity (Wildman–Crippen MR) is 111 cm³/mol. The van der Waals surface area contributed by atoms with E-state index in [0.29, 0.717) is 28.9 Å². The van der Waals surface area contributed by atoms with E-state index >= 15 is 0 Å². The molecule has 0 saturated carbocycles. The molecular formula is C22H20F3NO3S. The lowest BCUT2D eigenvalue weighted by molar-refractivity contribution is 0.149. The van der Waals surface area contributed by atoms with Crippen LogP contribution in [-0.4, -0.2) is 29.5 Å². The number of fused-ring (bicyclic) bond motifs is 3. The first-order valence-corrected chi connectivity index (χ1v) is 11.3. The van der Waals surface area contributed by atoms with Gasteiger partial charge in [0.2, 0.25) is 0 Å². The molecule has 8 heteroatoms. The lowest BCUT2D eigenvalue weighted by Crippen LogP contribution is -2.38. The largest absolute Gasteiger partial charge is 0.495 e. The molecule has 3 aromatic carbocycles. The molecule has 0 amide bonds. The van der Waals surface area contributed by atoms with Gasteiger partial charge in [-0.15, -0.1) is 0 Å². The highest BCUT2D eigenvalue weighted by atomic mass is 32.2. The van der Waals surface area contributed by atoms with Crippen molar-refractivity contribution >= 4 is 26.2 Å². The van der Waals surface area contributed by atoms with Crippen LogP contribution in [0.1, 0.15) is 17.2 Å². The number of hydrogen-bond acceptors (Lipinski definition) is 4. The van der Waals surface area contributed by atoms with Crippen LogP contribution in [0.3, 0.4) is 0 Å². The second kappa shape index (κ2) is 7.21. The molecule has 0 saturated heterocycles. The van der Waals surface area contributed by atoms with Gasteiger partial charge in [-0.05, 0) is 56.9 Å². The monoisotopic (exact) mass is 435 g/mol. The minimum atomic E-state index is -2.52. The molecule has 0 spiro atoms. The molecule has 0 aromatic heterocycles. The molecule has 3 atom stereocenters. The molecule has 1 unspecified atom stereocenters. The zero-order valence-electron chi connectivity index (χ0n) is 16.4. The molecule has 1 aliphatic heterocycles. The fourth-order valence-electron chi connectivity index (χ4n) is 3.81. The molecule has 158 valence electrons. The summed E-state index contributed by atoms with van der Waals surface area (Å²) in [5.74, 6) is 1.26. The van der Waals surface area contributed by atoms with E-state index in [1.165, 1.54) is 13.4 Å². The number of nitrogens with two attached hydrogens (primary N) is 1. The van der Waals surface area contributed by atoms with Crippen molar-refractivity contribution in [2.75, 3.05) is 13.4 Å². The number of ether oxygens (including phenoxy) is 2. The van der Waals surface area contributed by atoms with E-state index < -0.39 is 39.1 Å². The number of hydrogen-bond donors (Lipinski definition) is 1. The summed E-state index contributed by atoms with van der Waals surface area (Å²) in [7, 11) is -1.03. The number of benzene rings is 3. The highest BCUT2D eigenvalue weighted by Gasteiger charge is 2.33. The van der Waals surface area contributed by atoms with Gasteiger partial charge in [-0.25, -0.2) is 13.2 Å². The van der Waals surface area contributed by atoms with Crippen LogP contribution in [0, 0.1) is 17.5 Å². The van der Waals surface area contributed by atoms with Crippen LogP contribution in [-0.2, 0) is 15.9 Å². The summed E-state index contributed by atoms with van der Waals surface area (Å²) in [6, 6.07) is 7.56. The lowest BCUT2D eigenvalue weighted by Gasteiger charge is -2.32. The smallest absolute Gasteiger partial charge is 0.161 e. The maximum absolute atomic E-state index is 14.3. The van der Waals surface area contributed by atoms with Crippen LogP contribution in [0.5, 0.6) is 11.5 Å². The standard InChI is InChI=1S/C22H20F3NO3S/c1-28-20-9-12-11(6-21(20)30(2,3)27)4-5-19-13(12)8-18(26)22(29-19)14-7-16(24)17(25)10-15(14)23/h4-7,9-10,18,22H,2,8,26H2,1,3H3/t18-,22+,30?/m0/s1. The fourth-order valence-corrected chi connectivity index (χ4v) is 4.75. The van der Waals surface area contributed by atoms with Crippen LogP contribution in [0.15, 0.2) is 41.3 Å². The third kappa shape index (κ3) is 3.40. The van der Waals surface area contributed by atoms with Crippen molar-refractivity contribution in [1.29, 1.82) is 0 Å². The molecule has 0 radical (unpaired) electrons. The number of halogens is 3. The quantitative estimate of drug-likeness (QED) is 0.500. The SMILES string of the molecule is C=S(C)(=O)c1cc2ccc3c(c2cc1OC)C[C@H](N)[C@@H](c1cc(F)c(F)cc1F)O3. The van der Waals surface area contributed by atoms with Crippen molar-refractivity contribution in [3.63, 3.8) is 0 Å². The van der Waals surface area contributed by atoms with Crippen LogP contribution >= 0.6 is 0 Å². The third-order valence-electron chi connectivity index (χ3n) is 5.27. The van der Waals surface area contributed by atoms with Gasteiger partial charge in [0.05, 0.1) is 18.0 Å². The fraction of sp³-hybridized carbons (Fsp3) is 0.227. The Labute approximate surface area is 172 Å². The van der Waals surface area contributed by atoms with Gasteiger partial charge < -0.3 is 15.2 Å². The lowest BCUT2D eigenvalue weighted by atomic mass is 9.90. The van der Waals surface area contributed by atoms with Crippen molar-refractivity contribution in [2.45, 2.75) is 23.5 Å². The Hall–Kier alpha value is -2.71. The zero-order chi connectivity index (χ0) is 21.8. The number of methoxy groups -OCH3 is 1. The second-order valence-corrected chi connectivity index (χ2v) is 9.92. The van der Waals surface area contributed by atoms with Gasteiger partial charge in [-0.3, -0.25) is 4.21 Å². The average molecular weight is 435 g/mol. The molecule has 0 bridgehead atoms. The van der Waals surface area contributed by atoms with Crippen molar-refractivity contribution in [2.24, 2.45) is 5.73 Å². The molecule has 4 nitrogen and oxygen atoms in total. The van der Waals surface area contributed by atoms with Gasteiger partial charge >= 0.3 is 0 Å². The van der Waals surface area contributed by atoms with E-state index in [9.17, 15) is 17.4 Å². The van der Waals surface area contributed by atoms with Crippen LogP contribution < -0.4 is 15.2 Å². The highest BCUT2D eigenvalue weighted by Crippen LogP contribution is 2.41.